The van der Waals surface area contributed by atoms with Crippen molar-refractivity contribution in [3.8, 4) is 0 Å². The number of hydrogen-bond acceptors (Lipinski definition) is 2. The normalized spacial score (nSPS) is 14.0. The third-order valence-corrected chi connectivity index (χ3v) is 2.52. The van der Waals surface area contributed by atoms with Gasteiger partial charge in [-0.3, -0.25) is 0 Å². The number of aliphatic hydroxyl groups is 1. The quantitative estimate of drug-likeness (QED) is 0.767. The van der Waals surface area contributed by atoms with Crippen LogP contribution in [0.3, 0.4) is 0 Å². The molecule has 1 aromatic carbocycles. The van der Waals surface area contributed by atoms with Crippen LogP contribution < -0.4 is 5.73 Å². The number of nitrogens with two attached hydrogens (primary N) is 1. The molecule has 0 saturated carbocycles. The maximum Gasteiger partial charge on any atom is 0.0437 e. The van der Waals surface area contributed by atoms with Crippen LogP contribution in [0.2, 0.25) is 0 Å². The molecule has 1 rings (SSSR count). The van der Waals surface area contributed by atoms with Gasteiger partial charge in [0.05, 0.1) is 0 Å². The molecule has 14 heavy (non-hydrogen) atoms. The minimum atomic E-state index is -0.288. The first kappa shape index (κ1) is 11.2. The van der Waals surface area contributed by atoms with E-state index in [1.54, 1.807) is 0 Å². The third kappa shape index (κ3) is 2.82. The van der Waals surface area contributed by atoms with E-state index in [0.29, 0.717) is 6.42 Å². The minimum Gasteiger partial charge on any atom is -0.396 e. The molecule has 0 amide bonds. The summed E-state index contributed by atoms with van der Waals surface area (Å²) in [6, 6.07) is 10.1. The van der Waals surface area contributed by atoms with Gasteiger partial charge in [0.15, 0.2) is 0 Å². The van der Waals surface area contributed by atoms with Crippen LogP contribution in [0.25, 0.3) is 0 Å². The highest BCUT2D eigenvalue weighted by atomic mass is 16.3. The Morgan fingerprint density at radius 3 is 2.29 bits per heavy atom. The fourth-order valence-corrected chi connectivity index (χ4v) is 1.78. The second-order valence-electron chi connectivity index (χ2n) is 4.30. The van der Waals surface area contributed by atoms with Gasteiger partial charge >= 0.3 is 0 Å². The highest BCUT2D eigenvalue weighted by Gasteiger charge is 2.25. The maximum atomic E-state index is 9.01. The van der Waals surface area contributed by atoms with Gasteiger partial charge in [0.1, 0.15) is 0 Å². The Hall–Kier alpha value is -0.860. The Morgan fingerprint density at radius 2 is 1.86 bits per heavy atom. The van der Waals surface area contributed by atoms with E-state index < -0.39 is 0 Å². The first-order valence-corrected chi connectivity index (χ1v) is 5.00. The molecule has 0 radical (unpaired) electrons. The van der Waals surface area contributed by atoms with Gasteiger partial charge in [-0.1, -0.05) is 30.3 Å². The van der Waals surface area contributed by atoms with Gasteiger partial charge in [-0.2, -0.15) is 0 Å². The summed E-state index contributed by atoms with van der Waals surface area (Å²) in [7, 11) is 0. The van der Waals surface area contributed by atoms with E-state index in [1.807, 2.05) is 32.0 Å². The summed E-state index contributed by atoms with van der Waals surface area (Å²) in [6.07, 6.45) is 0.716. The summed E-state index contributed by atoms with van der Waals surface area (Å²) in [5, 5.41) is 9.01. The topological polar surface area (TPSA) is 46.2 Å². The first-order chi connectivity index (χ1) is 6.55. The highest BCUT2D eigenvalue weighted by molar-refractivity contribution is 5.22. The Labute approximate surface area is 85.8 Å². The van der Waals surface area contributed by atoms with Crippen molar-refractivity contribution >= 4 is 0 Å². The van der Waals surface area contributed by atoms with Crippen LogP contribution >= 0.6 is 0 Å². The van der Waals surface area contributed by atoms with Crippen molar-refractivity contribution in [2.24, 2.45) is 5.73 Å². The summed E-state index contributed by atoms with van der Waals surface area (Å²) in [5.74, 6) is 0.216. The second kappa shape index (κ2) is 4.58. The Kier molecular flexibility index (Phi) is 3.67. The molecule has 0 aliphatic heterocycles. The molecule has 0 aliphatic rings. The molecule has 0 heterocycles. The van der Waals surface area contributed by atoms with Gasteiger partial charge in [-0.15, -0.1) is 0 Å². The molecule has 78 valence electrons. The zero-order valence-corrected chi connectivity index (χ0v) is 8.90. The predicted octanol–water partition coefficient (Wildman–Crippen LogP) is 1.89. The van der Waals surface area contributed by atoms with E-state index in [4.69, 9.17) is 10.8 Å². The standard InChI is InChI=1S/C12H19NO/c1-12(2,13)11(8-9-14)10-6-4-3-5-7-10/h3-7,11,14H,8-9,13H2,1-2H3. The smallest absolute Gasteiger partial charge is 0.0437 e. The largest absolute Gasteiger partial charge is 0.396 e. The molecule has 0 aliphatic carbocycles. The van der Waals surface area contributed by atoms with Crippen molar-refractivity contribution in [3.63, 3.8) is 0 Å². The molecule has 1 aromatic rings. The lowest BCUT2D eigenvalue weighted by Gasteiger charge is -2.30. The molecule has 0 bridgehead atoms. The van der Waals surface area contributed by atoms with E-state index >= 15 is 0 Å². The van der Waals surface area contributed by atoms with E-state index in [-0.39, 0.29) is 18.1 Å². The lowest BCUT2D eigenvalue weighted by Crippen LogP contribution is -2.39. The van der Waals surface area contributed by atoms with E-state index in [0.717, 1.165) is 0 Å². The molecule has 2 nitrogen and oxygen atoms in total. The summed E-state index contributed by atoms with van der Waals surface area (Å²) in [5.41, 5.74) is 7.00. The van der Waals surface area contributed by atoms with Crippen molar-refractivity contribution in [3.05, 3.63) is 35.9 Å². The minimum absolute atomic E-state index is 0.181. The van der Waals surface area contributed by atoms with Gasteiger partial charge in [-0.25, -0.2) is 0 Å². The van der Waals surface area contributed by atoms with Crippen molar-refractivity contribution in [1.82, 2.24) is 0 Å². The lowest BCUT2D eigenvalue weighted by molar-refractivity contribution is 0.250. The molecule has 3 N–H and O–H groups in total. The predicted molar refractivity (Wildman–Crippen MR) is 59.2 cm³/mol. The van der Waals surface area contributed by atoms with Crippen molar-refractivity contribution in [2.45, 2.75) is 31.7 Å². The van der Waals surface area contributed by atoms with E-state index in [1.165, 1.54) is 5.56 Å². The molecule has 0 fully saturated rings. The lowest BCUT2D eigenvalue weighted by atomic mass is 9.81. The zero-order chi connectivity index (χ0) is 10.6. The Balaban J connectivity index is 2.89. The summed E-state index contributed by atoms with van der Waals surface area (Å²) >= 11 is 0. The van der Waals surface area contributed by atoms with Gasteiger partial charge < -0.3 is 10.8 Å². The van der Waals surface area contributed by atoms with Crippen LogP contribution in [0.5, 0.6) is 0 Å². The number of hydrogen-bond donors (Lipinski definition) is 2. The van der Waals surface area contributed by atoms with Crippen LogP contribution in [0, 0.1) is 0 Å². The van der Waals surface area contributed by atoms with E-state index in [9.17, 15) is 0 Å². The number of rotatable bonds is 4. The van der Waals surface area contributed by atoms with Crippen LogP contribution in [0.15, 0.2) is 30.3 Å². The van der Waals surface area contributed by atoms with Crippen LogP contribution in [-0.2, 0) is 0 Å². The molecular weight excluding hydrogens is 174 g/mol. The van der Waals surface area contributed by atoms with E-state index in [2.05, 4.69) is 12.1 Å². The molecule has 1 atom stereocenters. The van der Waals surface area contributed by atoms with Crippen molar-refractivity contribution < 1.29 is 5.11 Å². The fourth-order valence-electron chi connectivity index (χ4n) is 1.78. The van der Waals surface area contributed by atoms with Crippen LogP contribution in [-0.4, -0.2) is 17.3 Å². The molecular formula is C12H19NO. The van der Waals surface area contributed by atoms with Crippen molar-refractivity contribution in [2.75, 3.05) is 6.61 Å². The molecule has 2 heteroatoms. The average molecular weight is 193 g/mol. The summed E-state index contributed by atoms with van der Waals surface area (Å²) in [6.45, 7) is 4.18. The molecule has 0 spiro atoms. The fraction of sp³-hybridized carbons (Fsp3) is 0.500. The third-order valence-electron chi connectivity index (χ3n) is 2.52. The number of aliphatic hydroxyl groups excluding tert-OH is 1. The van der Waals surface area contributed by atoms with Gasteiger partial charge in [0, 0.05) is 18.1 Å². The molecule has 0 saturated heterocycles. The van der Waals surface area contributed by atoms with Gasteiger partial charge in [0.2, 0.25) is 0 Å². The van der Waals surface area contributed by atoms with Crippen molar-refractivity contribution in [1.29, 1.82) is 0 Å². The Bertz CT molecular complexity index is 263. The summed E-state index contributed by atoms with van der Waals surface area (Å²) in [4.78, 5) is 0. The van der Waals surface area contributed by atoms with Gasteiger partial charge in [-0.05, 0) is 25.8 Å². The zero-order valence-electron chi connectivity index (χ0n) is 8.90. The maximum absolute atomic E-state index is 9.01. The summed E-state index contributed by atoms with van der Waals surface area (Å²) < 4.78 is 0. The van der Waals surface area contributed by atoms with Crippen LogP contribution in [0.1, 0.15) is 31.7 Å². The molecule has 0 aromatic heterocycles. The first-order valence-electron chi connectivity index (χ1n) is 5.00. The Morgan fingerprint density at radius 1 is 1.29 bits per heavy atom. The highest BCUT2D eigenvalue weighted by Crippen LogP contribution is 2.28. The second-order valence-corrected chi connectivity index (χ2v) is 4.30. The SMILES string of the molecule is CC(C)(N)C(CCO)c1ccccc1. The van der Waals surface area contributed by atoms with Crippen LogP contribution in [0.4, 0.5) is 0 Å². The van der Waals surface area contributed by atoms with Gasteiger partial charge in [0.25, 0.3) is 0 Å². The average Bonchev–Trinajstić information content (AvgIpc) is 2.14. The monoisotopic (exact) mass is 193 g/mol. The molecule has 1 unspecified atom stereocenters. The number of benzene rings is 1.